The van der Waals surface area contributed by atoms with Gasteiger partial charge in [0.05, 0.1) is 20.3 Å². The van der Waals surface area contributed by atoms with Gasteiger partial charge in [-0.2, -0.15) is 0 Å². The van der Waals surface area contributed by atoms with Crippen LogP contribution >= 0.6 is 0 Å². The number of carbonyl (C=O) groups is 3. The summed E-state index contributed by atoms with van der Waals surface area (Å²) >= 11 is 0. The Hall–Kier alpha value is -2.63. The highest BCUT2D eigenvalue weighted by Gasteiger charge is 1.91. The van der Waals surface area contributed by atoms with E-state index < -0.39 is 5.97 Å². The molecule has 0 bridgehead atoms. The number of rotatable bonds is 7. The van der Waals surface area contributed by atoms with Gasteiger partial charge in [-0.15, -0.1) is 13.2 Å². The maximum absolute atomic E-state index is 10.3. The van der Waals surface area contributed by atoms with Gasteiger partial charge >= 0.3 is 17.9 Å². The molecular formula is C18H30O6. The predicted octanol–water partition coefficient (Wildman–Crippen LogP) is 3.40. The smallest absolute Gasteiger partial charge is 0.330 e. The molecule has 138 valence electrons. The van der Waals surface area contributed by atoms with Gasteiger partial charge in [0.2, 0.25) is 0 Å². The maximum Gasteiger partial charge on any atom is 0.330 e. The van der Waals surface area contributed by atoms with Crippen molar-refractivity contribution in [1.82, 2.24) is 0 Å². The van der Waals surface area contributed by atoms with Crippen LogP contribution in [0.5, 0.6) is 0 Å². The molecule has 6 nitrogen and oxygen atoms in total. The Bertz CT molecular complexity index is 361. The molecule has 0 unspecified atom stereocenters. The van der Waals surface area contributed by atoms with E-state index >= 15 is 0 Å². The second-order valence-electron chi connectivity index (χ2n) is 3.41. The first kappa shape index (κ1) is 29.4. The Labute approximate surface area is 145 Å². The zero-order valence-corrected chi connectivity index (χ0v) is 15.0. The summed E-state index contributed by atoms with van der Waals surface area (Å²) in [5.74, 6) is -1.08. The summed E-state index contributed by atoms with van der Waals surface area (Å²) in [5.41, 5.74) is 0. The van der Waals surface area contributed by atoms with Crippen LogP contribution in [0, 0.1) is 0 Å². The molecule has 0 saturated heterocycles. The topological polar surface area (TPSA) is 78.9 Å². The maximum atomic E-state index is 10.3. The van der Waals surface area contributed by atoms with Gasteiger partial charge in [0.25, 0.3) is 0 Å². The highest BCUT2D eigenvalue weighted by atomic mass is 16.5. The van der Waals surface area contributed by atoms with Crippen molar-refractivity contribution in [2.24, 2.45) is 0 Å². The third-order valence-corrected chi connectivity index (χ3v) is 1.73. The van der Waals surface area contributed by atoms with Crippen molar-refractivity contribution in [2.75, 3.05) is 20.3 Å². The van der Waals surface area contributed by atoms with Crippen LogP contribution in [0.15, 0.2) is 51.1 Å². The fourth-order valence-electron chi connectivity index (χ4n) is 0.661. The molecule has 24 heavy (non-hydrogen) atoms. The number of hydrogen-bond donors (Lipinski definition) is 0. The van der Waals surface area contributed by atoms with E-state index in [1.165, 1.54) is 13.2 Å². The van der Waals surface area contributed by atoms with Crippen LogP contribution in [-0.4, -0.2) is 38.2 Å². The molecule has 0 aliphatic heterocycles. The van der Waals surface area contributed by atoms with E-state index in [9.17, 15) is 14.4 Å². The van der Waals surface area contributed by atoms with Crippen molar-refractivity contribution in [2.45, 2.75) is 26.7 Å². The van der Waals surface area contributed by atoms with E-state index in [4.69, 9.17) is 0 Å². The van der Waals surface area contributed by atoms with Gasteiger partial charge in [-0.25, -0.2) is 14.4 Å². The molecule has 0 aliphatic rings. The number of methoxy groups -OCH3 is 1. The predicted molar refractivity (Wildman–Crippen MR) is 96.4 cm³/mol. The molecule has 0 radical (unpaired) electrons. The third kappa shape index (κ3) is 36.6. The third-order valence-electron chi connectivity index (χ3n) is 1.73. The highest BCUT2D eigenvalue weighted by Crippen LogP contribution is 1.88. The van der Waals surface area contributed by atoms with Crippen LogP contribution in [0.1, 0.15) is 26.7 Å². The minimum atomic E-state index is -0.394. The molecule has 6 heteroatoms. The number of carbonyl (C=O) groups excluding carboxylic acids is 3. The Kier molecular flexibility index (Phi) is 34.9. The summed E-state index contributed by atoms with van der Waals surface area (Å²) < 4.78 is 13.3. The average molecular weight is 342 g/mol. The number of ether oxygens (including phenoxy) is 3. The number of hydrogen-bond acceptors (Lipinski definition) is 6. The van der Waals surface area contributed by atoms with Crippen LogP contribution in [-0.2, 0) is 28.6 Å². The van der Waals surface area contributed by atoms with Crippen molar-refractivity contribution >= 4 is 17.9 Å². The lowest BCUT2D eigenvalue weighted by atomic mass is 10.4. The van der Waals surface area contributed by atoms with E-state index in [0.29, 0.717) is 13.2 Å². The first-order chi connectivity index (χ1) is 11.4. The fourth-order valence-corrected chi connectivity index (χ4v) is 0.661. The van der Waals surface area contributed by atoms with E-state index in [-0.39, 0.29) is 11.9 Å². The molecular weight excluding hydrogens is 312 g/mol. The lowest BCUT2D eigenvalue weighted by Gasteiger charge is -1.97. The average Bonchev–Trinajstić information content (AvgIpc) is 2.63. The first-order valence-electron chi connectivity index (χ1n) is 7.22. The van der Waals surface area contributed by atoms with Gasteiger partial charge < -0.3 is 14.2 Å². The fraction of sp³-hybridized carbons (Fsp3) is 0.389. The summed E-state index contributed by atoms with van der Waals surface area (Å²) in [7, 11) is 1.31. The van der Waals surface area contributed by atoms with Crippen molar-refractivity contribution in [1.29, 1.82) is 0 Å². The van der Waals surface area contributed by atoms with E-state index in [2.05, 4.69) is 47.1 Å². The van der Waals surface area contributed by atoms with Crippen LogP contribution < -0.4 is 0 Å². The van der Waals surface area contributed by atoms with E-state index in [1.807, 2.05) is 6.92 Å². The highest BCUT2D eigenvalue weighted by molar-refractivity contribution is 5.81. The molecule has 0 heterocycles. The van der Waals surface area contributed by atoms with Gasteiger partial charge in [0.1, 0.15) is 0 Å². The molecule has 0 amide bonds. The molecule has 0 aromatic rings. The van der Waals surface area contributed by atoms with Gasteiger partial charge in [0, 0.05) is 18.2 Å². The summed E-state index contributed by atoms with van der Waals surface area (Å²) in [6.07, 6.45) is 5.41. The van der Waals surface area contributed by atoms with Gasteiger partial charge in [-0.05, 0) is 13.3 Å². The second kappa shape index (κ2) is 28.5. The molecule has 0 saturated carbocycles. The molecule has 0 aromatic heterocycles. The van der Waals surface area contributed by atoms with Gasteiger partial charge in [0.15, 0.2) is 0 Å². The van der Waals surface area contributed by atoms with Crippen molar-refractivity contribution < 1.29 is 28.6 Å². The van der Waals surface area contributed by atoms with Crippen LogP contribution in [0.2, 0.25) is 0 Å². The largest absolute Gasteiger partial charge is 0.466 e. The molecule has 0 aromatic carbocycles. The number of esters is 3. The van der Waals surface area contributed by atoms with E-state index in [1.54, 1.807) is 6.92 Å². The van der Waals surface area contributed by atoms with Crippen LogP contribution in [0.4, 0.5) is 0 Å². The van der Waals surface area contributed by atoms with Crippen molar-refractivity contribution in [3.63, 3.8) is 0 Å². The molecule has 0 atom stereocenters. The molecule has 0 rings (SSSR count). The van der Waals surface area contributed by atoms with Crippen molar-refractivity contribution in [3.05, 3.63) is 51.1 Å². The zero-order valence-electron chi connectivity index (χ0n) is 15.0. The summed E-state index contributed by atoms with van der Waals surface area (Å²) in [6.45, 7) is 20.4. The lowest BCUT2D eigenvalue weighted by Crippen LogP contribution is -2.00. The Balaban J connectivity index is -0.000000121. The van der Waals surface area contributed by atoms with Crippen LogP contribution in [0.3, 0.4) is 0 Å². The standard InChI is InChI=1S/C7H12O2.C5H8O2.C4H6O2.C2H4/c1-3-5-6-9-7(8)4-2;1-3-5(6)7-4-2;1-3-4(5)6-2;1-2/h4H,2-3,5-6H2,1H3;3H,1,4H2,2H3;3H,1H2,2H3;1-2H2. The van der Waals surface area contributed by atoms with Gasteiger partial charge in [-0.3, -0.25) is 0 Å². The van der Waals surface area contributed by atoms with Crippen LogP contribution in [0.25, 0.3) is 0 Å². The molecule has 0 aliphatic carbocycles. The first-order valence-corrected chi connectivity index (χ1v) is 7.22. The molecule has 0 N–H and O–H groups in total. The zero-order chi connectivity index (χ0) is 19.8. The summed E-state index contributed by atoms with van der Waals surface area (Å²) in [4.78, 5) is 30.3. The van der Waals surface area contributed by atoms with Crippen molar-refractivity contribution in [3.8, 4) is 0 Å². The monoisotopic (exact) mass is 342 g/mol. The minimum absolute atomic E-state index is 0.330. The second-order valence-corrected chi connectivity index (χ2v) is 3.41. The number of unbranched alkanes of at least 4 members (excludes halogenated alkanes) is 1. The quantitative estimate of drug-likeness (QED) is 0.232. The Morgan fingerprint density at radius 3 is 1.46 bits per heavy atom. The van der Waals surface area contributed by atoms with E-state index in [0.717, 1.165) is 25.0 Å². The minimum Gasteiger partial charge on any atom is -0.466 e. The summed E-state index contributed by atoms with van der Waals surface area (Å²) in [6, 6.07) is 0. The van der Waals surface area contributed by atoms with Gasteiger partial charge in [-0.1, -0.05) is 33.1 Å². The lowest BCUT2D eigenvalue weighted by molar-refractivity contribution is -0.138. The molecule has 0 spiro atoms. The summed E-state index contributed by atoms with van der Waals surface area (Å²) in [5, 5.41) is 0. The molecule has 0 fully saturated rings. The normalized spacial score (nSPS) is 7.29. The Morgan fingerprint density at radius 1 is 0.833 bits per heavy atom. The Morgan fingerprint density at radius 2 is 1.25 bits per heavy atom. The SMILES string of the molecule is C=C.C=CC(=O)OC.C=CC(=O)OCC.C=CC(=O)OCCCC.